The minimum absolute atomic E-state index is 0.0547. The van der Waals surface area contributed by atoms with Crippen LogP contribution in [0.2, 0.25) is 0 Å². The predicted octanol–water partition coefficient (Wildman–Crippen LogP) is 1.36. The van der Waals surface area contributed by atoms with Gasteiger partial charge in [-0.1, -0.05) is 24.6 Å². The van der Waals surface area contributed by atoms with E-state index in [1.165, 1.54) is 6.08 Å². The first kappa shape index (κ1) is 13.6. The molecular formula is C12H15AlO4S. The summed E-state index contributed by atoms with van der Waals surface area (Å²) in [7, 11) is -4.13. The molecule has 2 aliphatic carbocycles. The van der Waals surface area contributed by atoms with Gasteiger partial charge in [0, 0.05) is 11.8 Å². The largest absolute Gasteiger partial charge is 0.647 e. The first-order valence-electron chi connectivity index (χ1n) is 5.68. The summed E-state index contributed by atoms with van der Waals surface area (Å²) in [5.41, 5.74) is 2.03. The number of allylic oxidation sites excluding steroid dienone is 7. The fourth-order valence-corrected chi connectivity index (χ4v) is 3.69. The van der Waals surface area contributed by atoms with Crippen molar-refractivity contribution in [2.75, 3.05) is 0 Å². The number of fused-ring (bicyclic) bond motifs is 1. The normalized spacial score (nSPS) is 27.5. The monoisotopic (exact) mass is 282 g/mol. The van der Waals surface area contributed by atoms with E-state index < -0.39 is 10.1 Å². The number of hydrogen-bond donors (Lipinski definition) is 1. The molecule has 0 fully saturated rings. The first-order valence-corrected chi connectivity index (χ1v) is 7.94. The van der Waals surface area contributed by atoms with Crippen LogP contribution in [0, 0.1) is 11.8 Å². The summed E-state index contributed by atoms with van der Waals surface area (Å²) in [6, 6.07) is 0. The van der Waals surface area contributed by atoms with Crippen LogP contribution in [0.4, 0.5) is 0 Å². The van der Waals surface area contributed by atoms with Crippen LogP contribution in [-0.2, 0) is 13.9 Å². The molecule has 0 radical (unpaired) electrons. The van der Waals surface area contributed by atoms with Gasteiger partial charge in [0.05, 0.1) is 10.7 Å². The Balaban J connectivity index is 2.53. The Hall–Kier alpha value is -0.798. The summed E-state index contributed by atoms with van der Waals surface area (Å²) in [4.78, 5) is 0.0647. The predicted molar refractivity (Wildman–Crippen MR) is 71.8 cm³/mol. The second kappa shape index (κ2) is 4.71. The molecule has 2 unspecified atom stereocenters. The zero-order chi connectivity index (χ0) is 13.5. The van der Waals surface area contributed by atoms with Crippen molar-refractivity contribution in [2.45, 2.75) is 13.8 Å². The number of hydrogen-bond acceptors (Lipinski definition) is 3. The molecule has 2 atom stereocenters. The van der Waals surface area contributed by atoms with Gasteiger partial charge in [-0.2, -0.15) is 8.42 Å². The molecule has 6 heteroatoms. The quantitative estimate of drug-likeness (QED) is 0.613. The third-order valence-electron chi connectivity index (χ3n) is 3.38. The minimum atomic E-state index is -4.13. The van der Waals surface area contributed by atoms with Crippen molar-refractivity contribution in [3.05, 3.63) is 46.1 Å². The van der Waals surface area contributed by atoms with Crippen molar-refractivity contribution in [1.82, 2.24) is 0 Å². The summed E-state index contributed by atoms with van der Waals surface area (Å²) in [5, 5.41) is 0. The Bertz CT molecular complexity index is 596. The first-order chi connectivity index (χ1) is 8.34. The van der Waals surface area contributed by atoms with Crippen molar-refractivity contribution >= 4 is 26.7 Å². The van der Waals surface area contributed by atoms with E-state index in [2.05, 4.69) is 0 Å². The van der Waals surface area contributed by atoms with E-state index >= 15 is 0 Å². The second-order valence-electron chi connectivity index (χ2n) is 4.60. The fourth-order valence-electron chi connectivity index (χ4n) is 2.48. The molecule has 0 amide bonds. The van der Waals surface area contributed by atoms with Gasteiger partial charge < -0.3 is 3.79 Å². The summed E-state index contributed by atoms with van der Waals surface area (Å²) in [5.74, 6) is 0.473. The van der Waals surface area contributed by atoms with Gasteiger partial charge in [-0.25, -0.2) is 0 Å². The molecule has 0 bridgehead atoms. The van der Waals surface area contributed by atoms with Crippen molar-refractivity contribution in [1.29, 1.82) is 0 Å². The third kappa shape index (κ3) is 2.34. The Morgan fingerprint density at radius 3 is 2.61 bits per heavy atom. The van der Waals surface area contributed by atoms with Crippen molar-refractivity contribution in [3.63, 3.8) is 0 Å². The molecular weight excluding hydrogens is 267 g/mol. The van der Waals surface area contributed by atoms with E-state index in [-0.39, 0.29) is 16.7 Å². The Kier molecular flexibility index (Phi) is 3.56. The van der Waals surface area contributed by atoms with Crippen molar-refractivity contribution in [2.24, 2.45) is 11.8 Å². The highest BCUT2D eigenvalue weighted by Crippen LogP contribution is 2.40. The third-order valence-corrected chi connectivity index (χ3v) is 4.92. The second-order valence-corrected chi connectivity index (χ2v) is 6.43. The maximum absolute atomic E-state index is 11.3. The lowest BCUT2D eigenvalue weighted by molar-refractivity contribution is 0.432. The maximum atomic E-state index is 11.3. The Morgan fingerprint density at radius 1 is 1.39 bits per heavy atom. The van der Waals surface area contributed by atoms with E-state index in [4.69, 9.17) is 3.79 Å². The molecule has 0 saturated heterocycles. The van der Waals surface area contributed by atoms with Gasteiger partial charge in [-0.05, 0) is 24.6 Å². The van der Waals surface area contributed by atoms with Crippen LogP contribution in [0.5, 0.6) is 0 Å². The topological polar surface area (TPSA) is 63.6 Å². The van der Waals surface area contributed by atoms with Gasteiger partial charge in [0.15, 0.2) is 0 Å². The smallest absolute Gasteiger partial charge is 0.496 e. The summed E-state index contributed by atoms with van der Waals surface area (Å²) in [6.07, 6.45) is 7.16. The van der Waals surface area contributed by atoms with Gasteiger partial charge in [-0.3, -0.25) is 4.55 Å². The molecule has 1 N–H and O–H groups in total. The van der Waals surface area contributed by atoms with Gasteiger partial charge >= 0.3 is 16.6 Å². The van der Waals surface area contributed by atoms with Gasteiger partial charge in [0.2, 0.25) is 0 Å². The maximum Gasteiger partial charge on any atom is 0.496 e. The zero-order valence-corrected chi connectivity index (χ0v) is 13.4. The van der Waals surface area contributed by atoms with Gasteiger partial charge in [-0.15, -0.1) is 0 Å². The lowest BCUT2D eigenvalue weighted by Crippen LogP contribution is -2.25. The molecule has 4 nitrogen and oxygen atoms in total. The Morgan fingerprint density at radius 2 is 2.06 bits per heavy atom. The molecule has 2 rings (SSSR count). The molecule has 96 valence electrons. The molecule has 0 aromatic rings. The van der Waals surface area contributed by atoms with Crippen LogP contribution >= 0.6 is 0 Å². The molecule has 0 spiro atoms. The average molecular weight is 282 g/mol. The summed E-state index contributed by atoms with van der Waals surface area (Å²) < 4.78 is 37.3. The van der Waals surface area contributed by atoms with Crippen LogP contribution in [0.15, 0.2) is 46.1 Å². The van der Waals surface area contributed by atoms with E-state index in [9.17, 15) is 13.0 Å². The van der Waals surface area contributed by atoms with Gasteiger partial charge in [0.25, 0.3) is 10.1 Å². The highest BCUT2D eigenvalue weighted by Gasteiger charge is 2.34. The molecule has 0 aliphatic heterocycles. The molecule has 0 heterocycles. The fraction of sp³-hybridized carbons (Fsp3) is 0.333. The molecule has 18 heavy (non-hydrogen) atoms. The van der Waals surface area contributed by atoms with E-state index in [1.807, 2.05) is 19.1 Å². The van der Waals surface area contributed by atoms with Crippen LogP contribution in [0.25, 0.3) is 0 Å². The van der Waals surface area contributed by atoms with Crippen molar-refractivity contribution in [3.8, 4) is 0 Å². The molecule has 0 aromatic heterocycles. The van der Waals surface area contributed by atoms with E-state index in [0.29, 0.717) is 16.6 Å². The lowest BCUT2D eigenvalue weighted by atomic mass is 9.78. The zero-order valence-electron chi connectivity index (χ0n) is 10.5. The van der Waals surface area contributed by atoms with Crippen LogP contribution in [0.3, 0.4) is 0 Å². The number of rotatable bonds is 2. The van der Waals surface area contributed by atoms with Crippen LogP contribution in [-0.4, -0.2) is 29.6 Å². The lowest BCUT2D eigenvalue weighted by Gasteiger charge is -2.32. The highest BCUT2D eigenvalue weighted by atomic mass is 32.2. The highest BCUT2D eigenvalue weighted by molar-refractivity contribution is 7.89. The molecule has 0 saturated carbocycles. The SMILES string of the molecule is CC1=CC2C(=CC=C(S(=O)(=O)O)C2C)C([O][AlH2])=C1. The van der Waals surface area contributed by atoms with Crippen LogP contribution in [0.1, 0.15) is 13.8 Å². The standard InChI is InChI=1S/C12H14O4S.Al.2H/c1-7-5-10-8(2)12(17(14,15)16)4-3-9(10)11(13)6-7;;;/h3-6,8,10,13H,1-2H3,(H,14,15,16);;;/q;+1;;/p-1. The summed E-state index contributed by atoms with van der Waals surface area (Å²) >= 11 is 0.586. The van der Waals surface area contributed by atoms with Gasteiger partial charge in [0.1, 0.15) is 0 Å². The molecule has 2 aliphatic rings. The minimum Gasteiger partial charge on any atom is -0.647 e. The van der Waals surface area contributed by atoms with E-state index in [1.54, 1.807) is 13.0 Å². The van der Waals surface area contributed by atoms with E-state index in [0.717, 1.165) is 16.9 Å². The summed E-state index contributed by atoms with van der Waals surface area (Å²) in [6.45, 7) is 3.76. The Labute approximate surface area is 115 Å². The van der Waals surface area contributed by atoms with Crippen LogP contribution < -0.4 is 0 Å². The molecule has 0 aromatic carbocycles. The average Bonchev–Trinajstić information content (AvgIpc) is 2.27. The van der Waals surface area contributed by atoms with Crippen molar-refractivity contribution < 1.29 is 16.8 Å².